The van der Waals surface area contributed by atoms with Crippen LogP contribution < -0.4 is 0 Å². The summed E-state index contributed by atoms with van der Waals surface area (Å²) in [6, 6.07) is 11.0. The van der Waals surface area contributed by atoms with Gasteiger partial charge in [0.15, 0.2) is 11.0 Å². The SMILES string of the molecule is COC(=O)CSc1nnc(-c2ccncc2)n1-c1ccc(Cl)cc1. The maximum absolute atomic E-state index is 11.4. The van der Waals surface area contributed by atoms with E-state index in [-0.39, 0.29) is 11.7 Å². The second-order valence-electron chi connectivity index (χ2n) is 4.72. The highest BCUT2D eigenvalue weighted by atomic mass is 35.5. The van der Waals surface area contributed by atoms with Crippen LogP contribution in [0.25, 0.3) is 17.1 Å². The summed E-state index contributed by atoms with van der Waals surface area (Å²) in [5.74, 6) is 0.488. The predicted octanol–water partition coefficient (Wildman–Crippen LogP) is 3.25. The first-order chi connectivity index (χ1) is 11.7. The van der Waals surface area contributed by atoms with Crippen LogP contribution in [0.3, 0.4) is 0 Å². The quantitative estimate of drug-likeness (QED) is 0.514. The second-order valence-corrected chi connectivity index (χ2v) is 6.10. The Hall–Kier alpha value is -2.38. The van der Waals surface area contributed by atoms with Gasteiger partial charge < -0.3 is 4.74 Å². The first-order valence-electron chi connectivity index (χ1n) is 7.00. The molecule has 1 aromatic carbocycles. The van der Waals surface area contributed by atoms with Crippen molar-refractivity contribution in [1.29, 1.82) is 0 Å². The molecule has 6 nitrogen and oxygen atoms in total. The highest BCUT2D eigenvalue weighted by Crippen LogP contribution is 2.28. The number of pyridine rings is 1. The maximum atomic E-state index is 11.4. The monoisotopic (exact) mass is 360 g/mol. The van der Waals surface area contributed by atoms with Gasteiger partial charge in [-0.3, -0.25) is 14.3 Å². The molecule has 0 amide bonds. The van der Waals surface area contributed by atoms with E-state index in [2.05, 4.69) is 19.9 Å². The normalized spacial score (nSPS) is 10.6. The largest absolute Gasteiger partial charge is 0.468 e. The molecule has 122 valence electrons. The molecule has 0 saturated heterocycles. The Balaban J connectivity index is 2.05. The number of aromatic nitrogens is 4. The van der Waals surface area contributed by atoms with E-state index in [4.69, 9.17) is 11.6 Å². The molecule has 3 aromatic rings. The van der Waals surface area contributed by atoms with Gasteiger partial charge in [0, 0.05) is 28.7 Å². The first-order valence-corrected chi connectivity index (χ1v) is 8.37. The fourth-order valence-corrected chi connectivity index (χ4v) is 2.97. The van der Waals surface area contributed by atoms with Crippen LogP contribution in [0.15, 0.2) is 53.9 Å². The van der Waals surface area contributed by atoms with Gasteiger partial charge in [0.2, 0.25) is 0 Å². The van der Waals surface area contributed by atoms with Gasteiger partial charge in [0.25, 0.3) is 0 Å². The summed E-state index contributed by atoms with van der Waals surface area (Å²) >= 11 is 7.24. The van der Waals surface area contributed by atoms with Gasteiger partial charge in [-0.15, -0.1) is 10.2 Å². The molecule has 2 aromatic heterocycles. The zero-order chi connectivity index (χ0) is 16.9. The van der Waals surface area contributed by atoms with E-state index < -0.39 is 0 Å². The number of carbonyl (C=O) groups is 1. The van der Waals surface area contributed by atoms with Crippen molar-refractivity contribution >= 4 is 29.3 Å². The number of halogens is 1. The van der Waals surface area contributed by atoms with Crippen LogP contribution in [0.5, 0.6) is 0 Å². The van der Waals surface area contributed by atoms with Gasteiger partial charge in [0.1, 0.15) is 0 Å². The molecule has 0 unspecified atom stereocenters. The fraction of sp³-hybridized carbons (Fsp3) is 0.125. The molecule has 0 aliphatic rings. The molecule has 24 heavy (non-hydrogen) atoms. The Morgan fingerprint density at radius 2 is 1.88 bits per heavy atom. The molecule has 0 saturated carbocycles. The number of methoxy groups -OCH3 is 1. The van der Waals surface area contributed by atoms with E-state index in [0.29, 0.717) is 16.0 Å². The lowest BCUT2D eigenvalue weighted by molar-refractivity contribution is -0.137. The third-order valence-electron chi connectivity index (χ3n) is 3.20. The van der Waals surface area contributed by atoms with E-state index in [9.17, 15) is 4.79 Å². The molecule has 0 aliphatic heterocycles. The topological polar surface area (TPSA) is 69.9 Å². The molecule has 0 spiro atoms. The molecular formula is C16H13ClN4O2S. The van der Waals surface area contributed by atoms with Crippen molar-refractivity contribution in [2.75, 3.05) is 12.9 Å². The molecule has 0 atom stereocenters. The number of thioether (sulfide) groups is 1. The van der Waals surface area contributed by atoms with Crippen molar-refractivity contribution in [3.05, 3.63) is 53.8 Å². The van der Waals surface area contributed by atoms with Crippen LogP contribution in [0.2, 0.25) is 5.02 Å². The third-order valence-corrected chi connectivity index (χ3v) is 4.36. The molecule has 0 bridgehead atoms. The second kappa shape index (κ2) is 7.46. The van der Waals surface area contributed by atoms with E-state index >= 15 is 0 Å². The average molecular weight is 361 g/mol. The van der Waals surface area contributed by atoms with Gasteiger partial charge in [0.05, 0.1) is 12.9 Å². The van der Waals surface area contributed by atoms with Gasteiger partial charge >= 0.3 is 5.97 Å². The van der Waals surface area contributed by atoms with Crippen LogP contribution in [0.1, 0.15) is 0 Å². The van der Waals surface area contributed by atoms with Gasteiger partial charge in [-0.05, 0) is 36.4 Å². The van der Waals surface area contributed by atoms with Crippen LogP contribution in [0, 0.1) is 0 Å². The van der Waals surface area contributed by atoms with Gasteiger partial charge in [-0.1, -0.05) is 23.4 Å². The molecule has 0 fully saturated rings. The lowest BCUT2D eigenvalue weighted by atomic mass is 10.2. The van der Waals surface area contributed by atoms with Crippen molar-refractivity contribution < 1.29 is 9.53 Å². The van der Waals surface area contributed by atoms with E-state index in [0.717, 1.165) is 11.3 Å². The lowest BCUT2D eigenvalue weighted by Crippen LogP contribution is -2.05. The number of rotatable bonds is 5. The van der Waals surface area contributed by atoms with Crippen LogP contribution in [-0.2, 0) is 9.53 Å². The number of hydrogen-bond acceptors (Lipinski definition) is 6. The molecule has 8 heteroatoms. The minimum Gasteiger partial charge on any atom is -0.468 e. The summed E-state index contributed by atoms with van der Waals surface area (Å²) in [6.45, 7) is 0. The smallest absolute Gasteiger partial charge is 0.316 e. The molecular weight excluding hydrogens is 348 g/mol. The predicted molar refractivity (Wildman–Crippen MR) is 92.3 cm³/mol. The summed E-state index contributed by atoms with van der Waals surface area (Å²) in [5, 5.41) is 9.71. The van der Waals surface area contributed by atoms with Crippen molar-refractivity contribution in [1.82, 2.24) is 19.7 Å². The van der Waals surface area contributed by atoms with Gasteiger partial charge in [-0.25, -0.2) is 0 Å². The first kappa shape index (κ1) is 16.5. The third kappa shape index (κ3) is 3.58. The van der Waals surface area contributed by atoms with Crippen LogP contribution in [-0.4, -0.2) is 38.6 Å². The van der Waals surface area contributed by atoms with E-state index in [1.165, 1.54) is 18.9 Å². The minimum absolute atomic E-state index is 0.151. The van der Waals surface area contributed by atoms with E-state index in [1.54, 1.807) is 24.5 Å². The summed E-state index contributed by atoms with van der Waals surface area (Å²) in [5.41, 5.74) is 1.72. The van der Waals surface area contributed by atoms with Crippen molar-refractivity contribution in [3.8, 4) is 17.1 Å². The number of ether oxygens (including phenoxy) is 1. The highest BCUT2D eigenvalue weighted by molar-refractivity contribution is 7.99. The standard InChI is InChI=1S/C16H13ClN4O2S/c1-23-14(22)10-24-16-20-19-15(11-6-8-18-9-7-11)21(16)13-4-2-12(17)3-5-13/h2-9H,10H2,1H3. The molecule has 3 rings (SSSR count). The molecule has 0 radical (unpaired) electrons. The maximum Gasteiger partial charge on any atom is 0.316 e. The number of nitrogens with zero attached hydrogens (tertiary/aromatic N) is 4. The summed E-state index contributed by atoms with van der Waals surface area (Å²) < 4.78 is 6.56. The highest BCUT2D eigenvalue weighted by Gasteiger charge is 2.17. The summed E-state index contributed by atoms with van der Waals surface area (Å²) in [6.07, 6.45) is 3.38. The number of carbonyl (C=O) groups excluding carboxylic acids is 1. The Morgan fingerprint density at radius 1 is 1.17 bits per heavy atom. The summed E-state index contributed by atoms with van der Waals surface area (Å²) in [4.78, 5) is 15.4. The number of esters is 1. The van der Waals surface area contributed by atoms with Crippen LogP contribution in [0.4, 0.5) is 0 Å². The fourth-order valence-electron chi connectivity index (χ4n) is 2.06. The zero-order valence-corrected chi connectivity index (χ0v) is 14.3. The van der Waals surface area contributed by atoms with Crippen molar-refractivity contribution in [2.45, 2.75) is 5.16 Å². The van der Waals surface area contributed by atoms with Crippen LogP contribution >= 0.6 is 23.4 Å². The number of benzene rings is 1. The zero-order valence-electron chi connectivity index (χ0n) is 12.7. The molecule has 2 heterocycles. The van der Waals surface area contributed by atoms with Gasteiger partial charge in [-0.2, -0.15) is 0 Å². The Morgan fingerprint density at radius 3 is 2.54 bits per heavy atom. The Labute approximate surface area is 147 Å². The molecule has 0 aliphatic carbocycles. The average Bonchev–Trinajstić information content (AvgIpc) is 3.05. The Kier molecular flexibility index (Phi) is 5.12. The Bertz CT molecular complexity index is 837. The summed E-state index contributed by atoms with van der Waals surface area (Å²) in [7, 11) is 1.36. The minimum atomic E-state index is -0.323. The lowest BCUT2D eigenvalue weighted by Gasteiger charge is -2.10. The van der Waals surface area contributed by atoms with Crippen molar-refractivity contribution in [3.63, 3.8) is 0 Å². The molecule has 0 N–H and O–H groups in total. The number of hydrogen-bond donors (Lipinski definition) is 0. The van der Waals surface area contributed by atoms with E-state index in [1.807, 2.05) is 28.8 Å². The van der Waals surface area contributed by atoms with Crippen molar-refractivity contribution in [2.24, 2.45) is 0 Å².